The molecule has 1 unspecified atom stereocenters. The van der Waals surface area contributed by atoms with Gasteiger partial charge in [0.25, 0.3) is 11.8 Å². The summed E-state index contributed by atoms with van der Waals surface area (Å²) < 4.78 is 5.68. The van der Waals surface area contributed by atoms with E-state index in [-0.39, 0.29) is 11.8 Å². The van der Waals surface area contributed by atoms with Gasteiger partial charge in [-0.25, -0.2) is 0 Å². The molecule has 0 radical (unpaired) electrons. The molecule has 0 aliphatic heterocycles. The molecule has 3 aromatic carbocycles. The number of nitrogens with one attached hydrogen (secondary N) is 3. The van der Waals surface area contributed by atoms with Crippen LogP contribution in [-0.2, 0) is 9.59 Å². The maximum Gasteiger partial charge on any atom is 0.279 e. The van der Waals surface area contributed by atoms with E-state index >= 15 is 0 Å². The molecule has 0 saturated carbocycles. The van der Waals surface area contributed by atoms with E-state index < -0.39 is 17.9 Å². The topological polar surface area (TPSA) is 96.5 Å². The molecule has 0 saturated heterocycles. The number of amides is 3. The van der Waals surface area contributed by atoms with Crippen molar-refractivity contribution in [3.8, 4) is 16.9 Å². The largest absolute Gasteiger partial charge is 0.481 e. The fraction of sp³-hybridized carbons (Fsp3) is 0.222. The van der Waals surface area contributed by atoms with Crippen molar-refractivity contribution in [2.75, 3.05) is 5.32 Å². The van der Waals surface area contributed by atoms with E-state index in [2.05, 4.69) is 16.2 Å². The quantitative estimate of drug-likeness (QED) is 0.430. The highest BCUT2D eigenvalue weighted by Crippen LogP contribution is 2.22. The lowest BCUT2D eigenvalue weighted by Gasteiger charge is -2.15. The van der Waals surface area contributed by atoms with Crippen LogP contribution in [0.15, 0.2) is 78.9 Å². The molecule has 0 aromatic heterocycles. The monoisotopic (exact) mass is 459 g/mol. The molecule has 34 heavy (non-hydrogen) atoms. The minimum atomic E-state index is -0.818. The van der Waals surface area contributed by atoms with Crippen molar-refractivity contribution in [3.63, 3.8) is 0 Å². The number of hydrogen-bond acceptors (Lipinski definition) is 4. The van der Waals surface area contributed by atoms with Crippen LogP contribution in [0, 0.1) is 5.92 Å². The van der Waals surface area contributed by atoms with Gasteiger partial charge in [-0.1, -0.05) is 56.3 Å². The van der Waals surface area contributed by atoms with Gasteiger partial charge in [0.05, 0.1) is 0 Å². The zero-order valence-electron chi connectivity index (χ0n) is 19.5. The summed E-state index contributed by atoms with van der Waals surface area (Å²) in [6, 6.07) is 23.8. The summed E-state index contributed by atoms with van der Waals surface area (Å²) in [5, 5.41) is 2.78. The first-order valence-electron chi connectivity index (χ1n) is 11.1. The van der Waals surface area contributed by atoms with Crippen molar-refractivity contribution in [2.45, 2.75) is 33.3 Å². The number of hydrazine groups is 1. The molecular formula is C27H29N3O4. The highest BCUT2D eigenvalue weighted by Gasteiger charge is 2.16. The van der Waals surface area contributed by atoms with Crippen LogP contribution in [0.4, 0.5) is 5.69 Å². The average Bonchev–Trinajstić information content (AvgIpc) is 2.83. The minimum Gasteiger partial charge on any atom is -0.481 e. The van der Waals surface area contributed by atoms with Gasteiger partial charge in [0.2, 0.25) is 5.91 Å². The highest BCUT2D eigenvalue weighted by molar-refractivity contribution is 5.97. The van der Waals surface area contributed by atoms with E-state index in [1.807, 2.05) is 56.3 Å². The maximum atomic E-state index is 12.3. The Balaban J connectivity index is 1.47. The minimum absolute atomic E-state index is 0.0804. The SMILES string of the molecule is CC(C)CC(=O)Nc1ccc(C(=O)NNC(=O)C(C)Oc2ccc(-c3ccccc3)cc2)cc1. The van der Waals surface area contributed by atoms with Crippen molar-refractivity contribution < 1.29 is 19.1 Å². The molecular weight excluding hydrogens is 430 g/mol. The Kier molecular flexibility index (Phi) is 8.40. The lowest BCUT2D eigenvalue weighted by Crippen LogP contribution is -2.47. The fourth-order valence-electron chi connectivity index (χ4n) is 3.19. The van der Waals surface area contributed by atoms with Crippen molar-refractivity contribution in [2.24, 2.45) is 5.92 Å². The van der Waals surface area contributed by atoms with Crippen LogP contribution >= 0.6 is 0 Å². The molecule has 7 nitrogen and oxygen atoms in total. The molecule has 7 heteroatoms. The molecule has 0 spiro atoms. The van der Waals surface area contributed by atoms with Gasteiger partial charge in [0.1, 0.15) is 5.75 Å². The lowest BCUT2D eigenvalue weighted by atomic mass is 10.1. The number of carbonyl (C=O) groups is 3. The molecule has 176 valence electrons. The lowest BCUT2D eigenvalue weighted by molar-refractivity contribution is -0.128. The predicted octanol–water partition coefficient (Wildman–Crippen LogP) is 4.57. The van der Waals surface area contributed by atoms with Gasteiger partial charge in [-0.3, -0.25) is 25.2 Å². The van der Waals surface area contributed by atoms with E-state index in [1.165, 1.54) is 0 Å². The number of hydrogen-bond donors (Lipinski definition) is 3. The first-order chi connectivity index (χ1) is 16.3. The maximum absolute atomic E-state index is 12.3. The summed E-state index contributed by atoms with van der Waals surface area (Å²) in [5.41, 5.74) is 7.83. The third-order valence-corrected chi connectivity index (χ3v) is 4.97. The highest BCUT2D eigenvalue weighted by atomic mass is 16.5. The Hall–Kier alpha value is -4.13. The number of ether oxygens (including phenoxy) is 1. The third-order valence-electron chi connectivity index (χ3n) is 4.97. The number of benzene rings is 3. The fourth-order valence-corrected chi connectivity index (χ4v) is 3.19. The van der Waals surface area contributed by atoms with E-state index in [9.17, 15) is 14.4 Å². The summed E-state index contributed by atoms with van der Waals surface area (Å²) in [7, 11) is 0. The Morgan fingerprint density at radius 3 is 2.00 bits per heavy atom. The van der Waals surface area contributed by atoms with Gasteiger partial charge >= 0.3 is 0 Å². The Labute approximate surface area is 199 Å². The van der Waals surface area contributed by atoms with Crippen molar-refractivity contribution in [1.82, 2.24) is 10.9 Å². The second-order valence-corrected chi connectivity index (χ2v) is 8.32. The summed E-state index contributed by atoms with van der Waals surface area (Å²) >= 11 is 0. The second-order valence-electron chi connectivity index (χ2n) is 8.32. The molecule has 0 heterocycles. The normalized spacial score (nSPS) is 11.4. The van der Waals surface area contributed by atoms with Crippen LogP contribution in [0.1, 0.15) is 37.6 Å². The number of carbonyl (C=O) groups excluding carboxylic acids is 3. The second kappa shape index (κ2) is 11.7. The van der Waals surface area contributed by atoms with Gasteiger partial charge in [-0.15, -0.1) is 0 Å². The van der Waals surface area contributed by atoms with Crippen molar-refractivity contribution in [1.29, 1.82) is 0 Å². The average molecular weight is 460 g/mol. The molecule has 3 aromatic rings. The van der Waals surface area contributed by atoms with Crippen molar-refractivity contribution in [3.05, 3.63) is 84.4 Å². The summed E-state index contributed by atoms with van der Waals surface area (Å²) in [4.78, 5) is 36.5. The van der Waals surface area contributed by atoms with Gasteiger partial charge in [0.15, 0.2) is 6.10 Å². The van der Waals surface area contributed by atoms with Gasteiger partial charge in [-0.05, 0) is 60.4 Å². The van der Waals surface area contributed by atoms with E-state index in [0.717, 1.165) is 11.1 Å². The van der Waals surface area contributed by atoms with Gasteiger partial charge < -0.3 is 10.1 Å². The summed E-state index contributed by atoms with van der Waals surface area (Å²) in [6.45, 7) is 5.53. The Bertz CT molecular complexity index is 1110. The molecule has 0 aliphatic carbocycles. The molecule has 0 fully saturated rings. The van der Waals surface area contributed by atoms with Gasteiger partial charge in [-0.2, -0.15) is 0 Å². The third kappa shape index (κ3) is 7.20. The molecule has 3 rings (SSSR count). The molecule has 3 amide bonds. The summed E-state index contributed by atoms with van der Waals surface area (Å²) in [6.07, 6.45) is -0.396. The zero-order valence-corrected chi connectivity index (χ0v) is 19.5. The Morgan fingerprint density at radius 2 is 1.38 bits per heavy atom. The van der Waals surface area contributed by atoms with Crippen LogP contribution in [0.2, 0.25) is 0 Å². The van der Waals surface area contributed by atoms with Gasteiger partial charge in [0, 0.05) is 17.7 Å². The van der Waals surface area contributed by atoms with E-state index in [4.69, 9.17) is 4.74 Å². The molecule has 0 bridgehead atoms. The van der Waals surface area contributed by atoms with E-state index in [0.29, 0.717) is 23.4 Å². The van der Waals surface area contributed by atoms with Crippen LogP contribution in [0.25, 0.3) is 11.1 Å². The predicted molar refractivity (Wildman–Crippen MR) is 132 cm³/mol. The Morgan fingerprint density at radius 1 is 0.765 bits per heavy atom. The number of rotatable bonds is 8. The summed E-state index contributed by atoms with van der Waals surface area (Å²) in [5.74, 6) is -0.244. The van der Waals surface area contributed by atoms with Crippen LogP contribution in [-0.4, -0.2) is 23.8 Å². The first-order valence-corrected chi connectivity index (χ1v) is 11.1. The van der Waals surface area contributed by atoms with Crippen molar-refractivity contribution >= 4 is 23.4 Å². The first kappa shape index (κ1) is 24.5. The standard InChI is InChI=1S/C27H29N3O4/c1-18(2)17-25(31)28-23-13-9-22(10-14-23)27(33)30-29-26(32)19(3)34-24-15-11-21(12-16-24)20-7-5-4-6-8-20/h4-16,18-19H,17H2,1-3H3,(H,28,31)(H,29,32)(H,30,33). The zero-order chi connectivity index (χ0) is 24.5. The van der Waals surface area contributed by atoms with Crippen LogP contribution in [0.3, 0.4) is 0 Å². The molecule has 1 atom stereocenters. The molecule has 0 aliphatic rings. The molecule has 3 N–H and O–H groups in total. The van der Waals surface area contributed by atoms with E-state index in [1.54, 1.807) is 43.3 Å². The number of anilines is 1. The van der Waals surface area contributed by atoms with Crippen LogP contribution in [0.5, 0.6) is 5.75 Å². The van der Waals surface area contributed by atoms with Crippen LogP contribution < -0.4 is 20.9 Å². The smallest absolute Gasteiger partial charge is 0.279 e.